The van der Waals surface area contributed by atoms with E-state index in [9.17, 15) is 19.6 Å². The van der Waals surface area contributed by atoms with Gasteiger partial charge in [0.05, 0.1) is 12.0 Å². The maximum Gasteiger partial charge on any atom is 0.312 e. The highest BCUT2D eigenvalue weighted by molar-refractivity contribution is 9.11. The summed E-state index contributed by atoms with van der Waals surface area (Å²) in [6, 6.07) is 14.9. The van der Waals surface area contributed by atoms with Crippen molar-refractivity contribution in [2.75, 3.05) is 0 Å². The molecule has 3 atom stereocenters. The molecule has 0 aliphatic heterocycles. The largest absolute Gasteiger partial charge is 0.481 e. The molecule has 1 N–H and O–H groups in total. The smallest absolute Gasteiger partial charge is 0.312 e. The van der Waals surface area contributed by atoms with E-state index in [0.29, 0.717) is 11.3 Å². The molecule has 6 heteroatoms. The molecule has 0 bridgehead atoms. The van der Waals surface area contributed by atoms with Crippen LogP contribution in [-0.4, -0.2) is 11.1 Å². The van der Waals surface area contributed by atoms with E-state index in [0.717, 1.165) is 0 Å². The fourth-order valence-electron chi connectivity index (χ4n) is 4.22. The third-order valence-electron chi connectivity index (χ3n) is 5.71. The van der Waals surface area contributed by atoms with Gasteiger partial charge in [0.25, 0.3) is 0 Å². The Hall–Kier alpha value is -2.65. The number of nitrogens with zero attached hydrogens (tertiary/aromatic N) is 1. The number of hydrogen-bond donors (Lipinski definition) is 1. The Bertz CT molecular complexity index is 967. The molecule has 0 heterocycles. The predicted molar refractivity (Wildman–Crippen MR) is 107 cm³/mol. The summed E-state index contributed by atoms with van der Waals surface area (Å²) in [7, 11) is 0. The molecule has 0 spiro atoms. The van der Waals surface area contributed by atoms with Gasteiger partial charge in [0.2, 0.25) is 0 Å². The van der Waals surface area contributed by atoms with Crippen LogP contribution in [0, 0.1) is 33.9 Å². The van der Waals surface area contributed by atoms with Crippen molar-refractivity contribution < 1.29 is 19.0 Å². The number of carbonyl (C=O) groups is 1. The quantitative estimate of drug-likeness (QED) is 0.606. The molecule has 2 unspecified atom stereocenters. The molecule has 1 aliphatic carbocycles. The zero-order valence-electron chi connectivity index (χ0n) is 15.4. The maximum atomic E-state index is 14.3. The van der Waals surface area contributed by atoms with Crippen LogP contribution in [0.15, 0.2) is 59.6 Å². The molecule has 28 heavy (non-hydrogen) atoms. The summed E-state index contributed by atoms with van der Waals surface area (Å²) in [5, 5.41) is 19.9. The number of hydrogen-bond acceptors (Lipinski definition) is 3. The molecule has 1 aliphatic rings. The van der Waals surface area contributed by atoms with Gasteiger partial charge < -0.3 is 9.84 Å². The van der Waals surface area contributed by atoms with Gasteiger partial charge in [-0.2, -0.15) is 5.26 Å². The lowest BCUT2D eigenvalue weighted by molar-refractivity contribution is -0.145. The lowest BCUT2D eigenvalue weighted by Crippen LogP contribution is -2.28. The van der Waals surface area contributed by atoms with Crippen LogP contribution in [0.1, 0.15) is 25.3 Å². The van der Waals surface area contributed by atoms with Crippen molar-refractivity contribution in [1.82, 2.24) is 0 Å². The van der Waals surface area contributed by atoms with Crippen LogP contribution in [0.4, 0.5) is 4.39 Å². The number of para-hydroxylation sites is 1. The number of carboxylic acids is 1. The summed E-state index contributed by atoms with van der Waals surface area (Å²) < 4.78 is 19.9. The molecule has 3 rings (SSSR count). The van der Waals surface area contributed by atoms with Crippen molar-refractivity contribution >= 4 is 21.9 Å². The minimum atomic E-state index is -1.31. The Labute approximate surface area is 171 Å². The minimum Gasteiger partial charge on any atom is -0.481 e. The van der Waals surface area contributed by atoms with E-state index >= 15 is 0 Å². The second-order valence-electron chi connectivity index (χ2n) is 7.36. The average Bonchev–Trinajstić information content (AvgIpc) is 3.15. The molecule has 0 saturated heterocycles. The predicted octanol–water partition coefficient (Wildman–Crippen LogP) is 5.86. The summed E-state index contributed by atoms with van der Waals surface area (Å²) in [6.45, 7) is 3.65. The van der Waals surface area contributed by atoms with Crippen molar-refractivity contribution in [1.29, 1.82) is 5.26 Å². The molecule has 4 nitrogen and oxygen atoms in total. The van der Waals surface area contributed by atoms with Crippen LogP contribution in [0.5, 0.6) is 11.5 Å². The number of carboxylic acid groups (broad SMARTS) is 1. The first-order valence-electron chi connectivity index (χ1n) is 8.73. The third-order valence-corrected chi connectivity index (χ3v) is 6.02. The first kappa shape index (κ1) is 20.1. The van der Waals surface area contributed by atoms with E-state index < -0.39 is 28.5 Å². The molecule has 0 amide bonds. The van der Waals surface area contributed by atoms with Crippen molar-refractivity contribution in [2.24, 2.45) is 16.7 Å². The SMILES string of the molecule is CC1(C)C(C=CBr)C1(C(=O)O)[C@H](C#N)c1ccc(F)c(Oc2ccccc2)c1. The number of halogens is 2. The summed E-state index contributed by atoms with van der Waals surface area (Å²) in [5.41, 5.74) is -1.54. The first-order valence-corrected chi connectivity index (χ1v) is 9.64. The highest BCUT2D eigenvalue weighted by Crippen LogP contribution is 2.75. The molecule has 0 radical (unpaired) electrons. The molecular formula is C22H19BrFNO3. The van der Waals surface area contributed by atoms with E-state index in [4.69, 9.17) is 4.74 Å². The number of rotatable bonds is 6. The number of benzene rings is 2. The monoisotopic (exact) mass is 443 g/mol. The van der Waals surface area contributed by atoms with Gasteiger partial charge in [0.15, 0.2) is 11.6 Å². The Morgan fingerprint density at radius 2 is 2.00 bits per heavy atom. The van der Waals surface area contributed by atoms with Gasteiger partial charge in [-0.3, -0.25) is 4.79 Å². The summed E-state index contributed by atoms with van der Waals surface area (Å²) >= 11 is 3.20. The summed E-state index contributed by atoms with van der Waals surface area (Å²) in [5.74, 6) is -2.53. The van der Waals surface area contributed by atoms with Crippen LogP contribution in [0.25, 0.3) is 0 Å². The van der Waals surface area contributed by atoms with Crippen molar-refractivity contribution in [2.45, 2.75) is 19.8 Å². The number of nitriles is 1. The summed E-state index contributed by atoms with van der Waals surface area (Å²) in [4.78, 5) is 13.9. The van der Waals surface area contributed by atoms with E-state index in [2.05, 4.69) is 22.0 Å². The van der Waals surface area contributed by atoms with Gasteiger partial charge in [-0.05, 0) is 40.2 Å². The standard InChI is InChI=1S/C22H19BrFNO3/c1-21(2)19(10-11-23)22(21,20(26)27)16(13-25)14-8-9-17(24)18(12-14)28-15-6-4-3-5-7-15/h3-12,16,19H,1-2H3,(H,26,27)/t16-,19?,22?/m1/s1. The lowest BCUT2D eigenvalue weighted by Gasteiger charge is -2.22. The Morgan fingerprint density at radius 3 is 2.57 bits per heavy atom. The van der Waals surface area contributed by atoms with Crippen molar-refractivity contribution in [3.8, 4) is 17.6 Å². The van der Waals surface area contributed by atoms with Crippen LogP contribution >= 0.6 is 15.9 Å². The van der Waals surface area contributed by atoms with E-state index in [-0.39, 0.29) is 11.7 Å². The van der Waals surface area contributed by atoms with Gasteiger partial charge in [-0.15, -0.1) is 0 Å². The average molecular weight is 444 g/mol. The van der Waals surface area contributed by atoms with Gasteiger partial charge in [-0.25, -0.2) is 4.39 Å². The van der Waals surface area contributed by atoms with Crippen molar-refractivity contribution in [3.63, 3.8) is 0 Å². The van der Waals surface area contributed by atoms with Crippen LogP contribution in [0.3, 0.4) is 0 Å². The van der Waals surface area contributed by atoms with Crippen LogP contribution in [0.2, 0.25) is 0 Å². The second kappa shape index (κ2) is 7.40. The molecule has 0 aromatic heterocycles. The Morgan fingerprint density at radius 1 is 1.32 bits per heavy atom. The second-order valence-corrected chi connectivity index (χ2v) is 7.89. The normalized spacial score (nSPS) is 23.8. The zero-order valence-corrected chi connectivity index (χ0v) is 17.0. The Kier molecular flexibility index (Phi) is 5.31. The third kappa shape index (κ3) is 3.00. The van der Waals surface area contributed by atoms with E-state index in [1.165, 1.54) is 18.2 Å². The highest BCUT2D eigenvalue weighted by Gasteiger charge is 2.78. The van der Waals surface area contributed by atoms with Crippen molar-refractivity contribution in [3.05, 3.63) is 71.0 Å². The minimum absolute atomic E-state index is 0.0458. The van der Waals surface area contributed by atoms with E-state index in [1.807, 2.05) is 19.9 Å². The first-order chi connectivity index (χ1) is 13.3. The zero-order chi connectivity index (χ0) is 20.5. The Balaban J connectivity index is 2.05. The van der Waals surface area contributed by atoms with Gasteiger partial charge in [0, 0.05) is 5.92 Å². The molecule has 2 aromatic carbocycles. The molecular weight excluding hydrogens is 425 g/mol. The molecule has 2 aromatic rings. The van der Waals surface area contributed by atoms with Crippen LogP contribution < -0.4 is 4.74 Å². The van der Waals surface area contributed by atoms with E-state index in [1.54, 1.807) is 35.3 Å². The molecule has 1 saturated carbocycles. The van der Waals surface area contributed by atoms with Gasteiger partial charge in [-0.1, -0.05) is 60.1 Å². The molecule has 144 valence electrons. The fraction of sp³-hybridized carbons (Fsp3) is 0.273. The number of ether oxygens (including phenoxy) is 1. The molecule has 1 fully saturated rings. The van der Waals surface area contributed by atoms with Crippen LogP contribution in [-0.2, 0) is 4.79 Å². The fourth-order valence-corrected chi connectivity index (χ4v) is 4.52. The summed E-state index contributed by atoms with van der Waals surface area (Å²) in [6.07, 6.45) is 1.75. The maximum absolute atomic E-state index is 14.3. The van der Waals surface area contributed by atoms with Gasteiger partial charge in [0.1, 0.15) is 11.2 Å². The highest BCUT2D eigenvalue weighted by atomic mass is 79.9. The van der Waals surface area contributed by atoms with Gasteiger partial charge >= 0.3 is 5.97 Å². The topological polar surface area (TPSA) is 70.3 Å². The number of allylic oxidation sites excluding steroid dienone is 1. The lowest BCUT2D eigenvalue weighted by atomic mass is 9.78. The number of aliphatic carboxylic acids is 1.